The summed E-state index contributed by atoms with van der Waals surface area (Å²) >= 11 is 1.07. The number of para-hydroxylation sites is 1. The second kappa shape index (κ2) is 11.2. The molecule has 2 aliphatic heterocycles. The van der Waals surface area contributed by atoms with Crippen molar-refractivity contribution in [3.8, 4) is 5.75 Å². The Hall–Kier alpha value is -4.51. The Balaban J connectivity index is 1.74. The van der Waals surface area contributed by atoms with Crippen molar-refractivity contribution in [1.82, 2.24) is 4.57 Å². The Morgan fingerprint density at radius 1 is 1.07 bits per heavy atom. The second-order valence-corrected chi connectivity index (χ2v) is 10.7. The number of allylic oxidation sites excluding steroid dienone is 1. The van der Waals surface area contributed by atoms with E-state index in [9.17, 15) is 19.2 Å². The number of carbonyl (C=O) groups excluding carboxylic acids is 3. The van der Waals surface area contributed by atoms with E-state index in [1.807, 2.05) is 0 Å². The lowest BCUT2D eigenvalue weighted by atomic mass is 9.95. The summed E-state index contributed by atoms with van der Waals surface area (Å²) < 4.78 is 17.5. The molecule has 0 N–H and O–H groups in total. The van der Waals surface area contributed by atoms with Gasteiger partial charge in [-0.2, -0.15) is 0 Å². The minimum absolute atomic E-state index is 0.164. The fourth-order valence-corrected chi connectivity index (χ4v) is 6.14. The number of ether oxygens (including phenoxy) is 3. The summed E-state index contributed by atoms with van der Waals surface area (Å²) in [6.45, 7) is 6.78. The maximum atomic E-state index is 14.2. The number of hydrogen-bond donors (Lipinski definition) is 0. The van der Waals surface area contributed by atoms with E-state index >= 15 is 0 Å². The van der Waals surface area contributed by atoms with Crippen molar-refractivity contribution in [3.05, 3.63) is 90.6 Å². The van der Waals surface area contributed by atoms with Gasteiger partial charge in [0.15, 0.2) is 4.80 Å². The van der Waals surface area contributed by atoms with E-state index in [2.05, 4.69) is 4.99 Å². The summed E-state index contributed by atoms with van der Waals surface area (Å²) in [7, 11) is 1.55. The number of rotatable bonds is 7. The van der Waals surface area contributed by atoms with Gasteiger partial charge in [-0.15, -0.1) is 0 Å². The van der Waals surface area contributed by atoms with Gasteiger partial charge in [0.25, 0.3) is 11.5 Å². The van der Waals surface area contributed by atoms with Gasteiger partial charge in [-0.05, 0) is 51.5 Å². The molecule has 1 atom stereocenters. The summed E-state index contributed by atoms with van der Waals surface area (Å²) in [5.41, 5.74) is 2.03. The number of hydrogen-bond acceptors (Lipinski definition) is 9. The van der Waals surface area contributed by atoms with Crippen LogP contribution in [0.5, 0.6) is 5.75 Å². The predicted molar refractivity (Wildman–Crippen MR) is 152 cm³/mol. The van der Waals surface area contributed by atoms with Gasteiger partial charge in [0.05, 0.1) is 48.4 Å². The molecule has 212 valence electrons. The number of anilines is 1. The van der Waals surface area contributed by atoms with E-state index in [0.717, 1.165) is 11.3 Å². The SMILES string of the molecule is CCOC(=O)CN1C(=O)/C(=c2/sc3n(c2=O)[C@@H](c2ccc(OC)cc2)C(C(=O)OC(C)C)=C(C)N=3)c2ccccc21. The molecule has 3 heterocycles. The molecule has 0 radical (unpaired) electrons. The van der Waals surface area contributed by atoms with E-state index in [1.54, 1.807) is 83.3 Å². The van der Waals surface area contributed by atoms with E-state index < -0.39 is 29.4 Å². The third-order valence-electron chi connectivity index (χ3n) is 6.73. The highest BCUT2D eigenvalue weighted by molar-refractivity contribution is 7.07. The molecule has 0 aliphatic carbocycles. The molecule has 5 rings (SSSR count). The van der Waals surface area contributed by atoms with Crippen molar-refractivity contribution < 1.29 is 28.6 Å². The minimum Gasteiger partial charge on any atom is -0.497 e. The van der Waals surface area contributed by atoms with Crippen LogP contribution < -0.4 is 24.5 Å². The molecule has 0 spiro atoms. The van der Waals surface area contributed by atoms with Gasteiger partial charge in [-0.3, -0.25) is 23.9 Å². The van der Waals surface area contributed by atoms with Crippen LogP contribution in [0.1, 0.15) is 44.9 Å². The molecule has 1 amide bonds. The Labute approximate surface area is 239 Å². The summed E-state index contributed by atoms with van der Waals surface area (Å²) in [6.07, 6.45) is -0.385. The fraction of sp³-hybridized carbons (Fsp3) is 0.300. The van der Waals surface area contributed by atoms with Crippen LogP contribution in [0.15, 0.2) is 69.6 Å². The van der Waals surface area contributed by atoms with Crippen LogP contribution in [0.2, 0.25) is 0 Å². The zero-order valence-corrected chi connectivity index (χ0v) is 24.1. The smallest absolute Gasteiger partial charge is 0.338 e. The first-order valence-corrected chi connectivity index (χ1v) is 13.9. The number of nitrogens with zero attached hydrogens (tertiary/aromatic N) is 3. The molecule has 0 saturated heterocycles. The molecule has 0 fully saturated rings. The molecule has 0 bridgehead atoms. The molecule has 1 aromatic heterocycles. The molecular formula is C30H29N3O7S. The normalized spacial score (nSPS) is 17.3. The van der Waals surface area contributed by atoms with E-state index in [0.29, 0.717) is 33.1 Å². The van der Waals surface area contributed by atoms with Gasteiger partial charge in [-0.25, -0.2) is 9.79 Å². The van der Waals surface area contributed by atoms with Crippen molar-refractivity contribution in [2.24, 2.45) is 4.99 Å². The zero-order chi connectivity index (χ0) is 29.4. The molecule has 0 unspecified atom stereocenters. The largest absolute Gasteiger partial charge is 0.497 e. The van der Waals surface area contributed by atoms with Gasteiger partial charge in [0.2, 0.25) is 0 Å². The van der Waals surface area contributed by atoms with Gasteiger partial charge in [0.1, 0.15) is 16.8 Å². The Bertz CT molecular complexity index is 1770. The number of amides is 1. The number of methoxy groups -OCH3 is 1. The third kappa shape index (κ3) is 4.97. The molecule has 10 nitrogen and oxygen atoms in total. The van der Waals surface area contributed by atoms with Gasteiger partial charge in [-0.1, -0.05) is 41.7 Å². The topological polar surface area (TPSA) is 116 Å². The number of carbonyl (C=O) groups is 3. The first-order chi connectivity index (χ1) is 19.7. The van der Waals surface area contributed by atoms with Gasteiger partial charge >= 0.3 is 11.9 Å². The van der Waals surface area contributed by atoms with Crippen LogP contribution in [0, 0.1) is 0 Å². The predicted octanol–water partition coefficient (Wildman–Crippen LogP) is 2.48. The lowest BCUT2D eigenvalue weighted by Crippen LogP contribution is -2.41. The maximum Gasteiger partial charge on any atom is 0.338 e. The maximum absolute atomic E-state index is 14.2. The van der Waals surface area contributed by atoms with Crippen LogP contribution in [-0.2, 0) is 23.9 Å². The van der Waals surface area contributed by atoms with Crippen molar-refractivity contribution in [1.29, 1.82) is 0 Å². The monoisotopic (exact) mass is 575 g/mol. The quantitative estimate of drug-likeness (QED) is 0.398. The number of aromatic nitrogens is 1. The number of esters is 2. The standard InChI is InChI=1S/C30H29N3O7S/c1-6-39-22(34)15-32-21-10-8-7-9-20(21)24(27(32)35)26-28(36)33-25(18-11-13-19(38-5)14-12-18)23(29(37)40-16(2)3)17(4)31-30(33)41-26/h7-14,16,25H,6,15H2,1-5H3/b26-24+/t25-/m0/s1. The summed E-state index contributed by atoms with van der Waals surface area (Å²) in [5, 5.41) is 0. The summed E-state index contributed by atoms with van der Waals surface area (Å²) in [5.74, 6) is -1.00. The molecule has 2 aliphatic rings. The van der Waals surface area contributed by atoms with Crippen LogP contribution in [0.25, 0.3) is 5.57 Å². The van der Waals surface area contributed by atoms with Crippen LogP contribution in [-0.4, -0.2) is 48.8 Å². The highest BCUT2D eigenvalue weighted by Gasteiger charge is 2.38. The van der Waals surface area contributed by atoms with E-state index in [-0.39, 0.29) is 34.9 Å². The average molecular weight is 576 g/mol. The Morgan fingerprint density at radius 2 is 1.78 bits per heavy atom. The fourth-order valence-electron chi connectivity index (χ4n) is 5.00. The lowest BCUT2D eigenvalue weighted by molar-refractivity contribution is -0.143. The van der Waals surface area contributed by atoms with Crippen molar-refractivity contribution in [2.45, 2.75) is 39.8 Å². The van der Waals surface area contributed by atoms with Crippen LogP contribution in [0.3, 0.4) is 0 Å². The first-order valence-electron chi connectivity index (χ1n) is 13.1. The summed E-state index contributed by atoms with van der Waals surface area (Å²) in [4.78, 5) is 59.9. The highest BCUT2D eigenvalue weighted by Crippen LogP contribution is 2.36. The Kier molecular flexibility index (Phi) is 7.63. The molecular weight excluding hydrogens is 546 g/mol. The molecule has 2 aromatic carbocycles. The number of fused-ring (bicyclic) bond motifs is 2. The first kappa shape index (κ1) is 28.0. The molecule has 3 aromatic rings. The Morgan fingerprint density at radius 3 is 2.44 bits per heavy atom. The second-order valence-electron chi connectivity index (χ2n) is 9.72. The molecule has 11 heteroatoms. The van der Waals surface area contributed by atoms with Crippen molar-refractivity contribution in [2.75, 3.05) is 25.2 Å². The lowest BCUT2D eigenvalue weighted by Gasteiger charge is -2.25. The van der Waals surface area contributed by atoms with Gasteiger partial charge < -0.3 is 14.2 Å². The van der Waals surface area contributed by atoms with Crippen molar-refractivity contribution >= 4 is 40.4 Å². The average Bonchev–Trinajstić information content (AvgIpc) is 3.40. The van der Waals surface area contributed by atoms with E-state index in [4.69, 9.17) is 14.2 Å². The number of thiazole rings is 1. The number of benzene rings is 2. The molecule has 41 heavy (non-hydrogen) atoms. The van der Waals surface area contributed by atoms with Gasteiger partial charge in [0, 0.05) is 5.56 Å². The van der Waals surface area contributed by atoms with Crippen LogP contribution in [0.4, 0.5) is 5.69 Å². The molecule has 0 saturated carbocycles. The van der Waals surface area contributed by atoms with Crippen molar-refractivity contribution in [3.63, 3.8) is 0 Å². The summed E-state index contributed by atoms with van der Waals surface area (Å²) in [6, 6.07) is 13.2. The van der Waals surface area contributed by atoms with Crippen LogP contribution >= 0.6 is 11.3 Å². The zero-order valence-electron chi connectivity index (χ0n) is 23.3. The minimum atomic E-state index is -0.847. The third-order valence-corrected chi connectivity index (χ3v) is 7.79. The highest BCUT2D eigenvalue weighted by atomic mass is 32.1. The van der Waals surface area contributed by atoms with E-state index in [1.165, 1.54) is 9.47 Å².